The molecule has 0 unspecified atom stereocenters. The molecule has 3 aromatic rings. The predicted octanol–water partition coefficient (Wildman–Crippen LogP) is 3.89. The maximum atomic E-state index is 13.8. The van der Waals surface area contributed by atoms with Crippen molar-refractivity contribution in [1.82, 2.24) is 0 Å². The number of anilines is 1. The summed E-state index contributed by atoms with van der Waals surface area (Å²) < 4.78 is 7.09. The summed E-state index contributed by atoms with van der Waals surface area (Å²) in [5.74, 6) is -5.17. The molecule has 0 aromatic heterocycles. The molecule has 3 atom stereocenters. The van der Waals surface area contributed by atoms with E-state index in [1.165, 1.54) is 36.4 Å². The monoisotopic (exact) mass is 594 g/mol. The van der Waals surface area contributed by atoms with Gasteiger partial charge in [0.1, 0.15) is 0 Å². The normalized spacial score (nSPS) is 23.9. The fourth-order valence-electron chi connectivity index (χ4n) is 5.48. The number of fused-ring (bicyclic) bond motifs is 3. The summed E-state index contributed by atoms with van der Waals surface area (Å²) in [6.45, 7) is 0. The lowest BCUT2D eigenvalue weighted by Gasteiger charge is -2.27. The summed E-state index contributed by atoms with van der Waals surface area (Å²) in [4.78, 5) is 66.5. The minimum absolute atomic E-state index is 0.122. The number of rotatable bonds is 3. The van der Waals surface area contributed by atoms with Gasteiger partial charge >= 0.3 is 0 Å². The first kappa shape index (κ1) is 22.7. The third-order valence-corrected chi connectivity index (χ3v) is 7.69. The molecule has 1 aliphatic carbocycles. The van der Waals surface area contributed by atoms with E-state index < -0.39 is 51.8 Å². The lowest BCUT2D eigenvalue weighted by atomic mass is 9.77. The average Bonchev–Trinajstić information content (AvgIpc) is 3.44. The smallest absolute Gasteiger partial charge is 0.269 e. The van der Waals surface area contributed by atoms with Crippen molar-refractivity contribution in [2.75, 3.05) is 4.90 Å². The third kappa shape index (κ3) is 2.91. The zero-order chi connectivity index (χ0) is 25.4. The summed E-state index contributed by atoms with van der Waals surface area (Å²) >= 11 is 2.10. The molecule has 1 spiro atoms. The van der Waals surface area contributed by atoms with Crippen LogP contribution in [0.25, 0.3) is 0 Å². The van der Waals surface area contributed by atoms with Crippen LogP contribution in [-0.2, 0) is 14.3 Å². The van der Waals surface area contributed by atoms with E-state index in [0.29, 0.717) is 5.56 Å². The Labute approximate surface area is 217 Å². The van der Waals surface area contributed by atoms with Gasteiger partial charge in [-0.15, -0.1) is 0 Å². The van der Waals surface area contributed by atoms with Gasteiger partial charge in [0.15, 0.2) is 0 Å². The van der Waals surface area contributed by atoms with Crippen molar-refractivity contribution in [1.29, 1.82) is 0 Å². The molecular formula is C26H15IN2O7. The van der Waals surface area contributed by atoms with E-state index in [0.717, 1.165) is 8.47 Å². The fraction of sp³-hybridized carbons (Fsp3) is 0.154. The Balaban J connectivity index is 1.52. The zero-order valence-corrected chi connectivity index (χ0v) is 20.4. The number of halogens is 1. The van der Waals surface area contributed by atoms with Gasteiger partial charge in [-0.1, -0.05) is 36.4 Å². The van der Waals surface area contributed by atoms with Crippen LogP contribution in [0.15, 0.2) is 72.8 Å². The molecular weight excluding hydrogens is 579 g/mol. The summed E-state index contributed by atoms with van der Waals surface area (Å²) in [5, 5.41) is 11.1. The summed E-state index contributed by atoms with van der Waals surface area (Å²) in [7, 11) is 0. The summed E-state index contributed by atoms with van der Waals surface area (Å²) in [6, 6.07) is 18.4. The van der Waals surface area contributed by atoms with E-state index in [1.54, 1.807) is 30.3 Å². The van der Waals surface area contributed by atoms with E-state index >= 15 is 0 Å². The largest absolute Gasteiger partial charge is 0.349 e. The Morgan fingerprint density at radius 2 is 1.50 bits per heavy atom. The SMILES string of the molecule is O=C1[C@@H]2[C@@H](C(=O)N1c1ccc([N+](=O)[O-])cc1)C1(O[C@H]2c2cccc(I)c2)C(=O)c2ccccc2C1=O. The van der Waals surface area contributed by atoms with Gasteiger partial charge in [0.2, 0.25) is 29.0 Å². The molecule has 178 valence electrons. The molecule has 6 rings (SSSR count). The van der Waals surface area contributed by atoms with Crippen molar-refractivity contribution < 1.29 is 28.8 Å². The molecule has 10 heteroatoms. The minimum atomic E-state index is -2.16. The van der Waals surface area contributed by atoms with Gasteiger partial charge in [0.25, 0.3) is 5.69 Å². The van der Waals surface area contributed by atoms with Gasteiger partial charge < -0.3 is 4.74 Å². The van der Waals surface area contributed by atoms with E-state index in [-0.39, 0.29) is 22.5 Å². The highest BCUT2D eigenvalue weighted by molar-refractivity contribution is 14.1. The summed E-state index contributed by atoms with van der Waals surface area (Å²) in [5.41, 5.74) is -1.37. The Morgan fingerprint density at radius 1 is 0.861 bits per heavy atom. The number of carbonyl (C=O) groups is 4. The summed E-state index contributed by atoms with van der Waals surface area (Å²) in [6.07, 6.45) is -1.02. The molecule has 0 N–H and O–H groups in total. The molecule has 3 aromatic carbocycles. The first-order valence-electron chi connectivity index (χ1n) is 11.0. The average molecular weight is 594 g/mol. The highest BCUT2D eigenvalue weighted by Gasteiger charge is 2.74. The van der Waals surface area contributed by atoms with Crippen LogP contribution in [0.5, 0.6) is 0 Å². The number of nitrogens with zero attached hydrogens (tertiary/aromatic N) is 2. The number of nitro benzene ring substituents is 1. The highest BCUT2D eigenvalue weighted by Crippen LogP contribution is 2.57. The Morgan fingerprint density at radius 3 is 2.08 bits per heavy atom. The third-order valence-electron chi connectivity index (χ3n) is 7.01. The second-order valence-electron chi connectivity index (χ2n) is 8.82. The quantitative estimate of drug-likeness (QED) is 0.148. The number of carbonyl (C=O) groups excluding carboxylic acids is 4. The standard InChI is InChI=1S/C26H15IN2O7/c27-14-5-3-4-13(12-14)21-19-20(26(36-21)22(30)17-6-1-2-7-18(17)23(26)31)25(33)28(24(19)32)15-8-10-16(11-9-15)29(34)35/h1-12,19-21H/t19-,20+,21+/m1/s1. The number of nitro groups is 1. The van der Waals surface area contributed by atoms with Gasteiger partial charge in [-0.25, -0.2) is 4.90 Å². The molecule has 2 saturated heterocycles. The maximum absolute atomic E-state index is 13.8. The first-order chi connectivity index (χ1) is 17.3. The van der Waals surface area contributed by atoms with Gasteiger partial charge in [-0.2, -0.15) is 0 Å². The lowest BCUT2D eigenvalue weighted by Crippen LogP contribution is -2.51. The second-order valence-corrected chi connectivity index (χ2v) is 10.1. The Kier molecular flexibility index (Phi) is 4.96. The molecule has 0 bridgehead atoms. The second kappa shape index (κ2) is 7.87. The van der Waals surface area contributed by atoms with E-state index in [2.05, 4.69) is 22.6 Å². The number of imide groups is 1. The van der Waals surface area contributed by atoms with Crippen LogP contribution < -0.4 is 4.90 Å². The number of Topliss-reactive ketones (excluding diaryl/α,β-unsaturated/α-hetero) is 2. The predicted molar refractivity (Wildman–Crippen MR) is 133 cm³/mol. The van der Waals surface area contributed by atoms with Crippen LogP contribution >= 0.6 is 22.6 Å². The number of benzene rings is 3. The van der Waals surface area contributed by atoms with Crippen LogP contribution in [0.1, 0.15) is 32.4 Å². The van der Waals surface area contributed by atoms with Crippen LogP contribution in [0.3, 0.4) is 0 Å². The van der Waals surface area contributed by atoms with Crippen molar-refractivity contribution in [3.8, 4) is 0 Å². The van der Waals surface area contributed by atoms with Crippen molar-refractivity contribution in [3.05, 3.63) is 103 Å². The molecule has 2 amide bonds. The molecule has 3 aliphatic rings. The van der Waals surface area contributed by atoms with Crippen molar-refractivity contribution in [3.63, 3.8) is 0 Å². The first-order valence-corrected chi connectivity index (χ1v) is 12.1. The van der Waals surface area contributed by atoms with E-state index in [4.69, 9.17) is 4.74 Å². The molecule has 36 heavy (non-hydrogen) atoms. The highest BCUT2D eigenvalue weighted by atomic mass is 127. The number of hydrogen-bond donors (Lipinski definition) is 0. The topological polar surface area (TPSA) is 124 Å². The Bertz CT molecular complexity index is 1480. The van der Waals surface area contributed by atoms with Crippen LogP contribution in [0.4, 0.5) is 11.4 Å². The molecule has 2 fully saturated rings. The van der Waals surface area contributed by atoms with Gasteiger partial charge in [0, 0.05) is 26.8 Å². The molecule has 0 saturated carbocycles. The zero-order valence-electron chi connectivity index (χ0n) is 18.3. The number of non-ortho nitro benzene ring substituents is 1. The fourth-order valence-corrected chi connectivity index (χ4v) is 6.05. The number of ether oxygens (including phenoxy) is 1. The molecule has 0 radical (unpaired) electrons. The van der Waals surface area contributed by atoms with E-state index in [9.17, 15) is 29.3 Å². The van der Waals surface area contributed by atoms with Crippen molar-refractivity contribution in [2.45, 2.75) is 11.7 Å². The number of hydrogen-bond acceptors (Lipinski definition) is 7. The molecule has 2 aliphatic heterocycles. The van der Waals surface area contributed by atoms with Crippen LogP contribution in [-0.4, -0.2) is 33.9 Å². The van der Waals surface area contributed by atoms with Gasteiger partial charge in [0.05, 0.1) is 28.6 Å². The van der Waals surface area contributed by atoms with Gasteiger partial charge in [-0.05, 0) is 52.4 Å². The van der Waals surface area contributed by atoms with Crippen LogP contribution in [0.2, 0.25) is 0 Å². The van der Waals surface area contributed by atoms with Gasteiger partial charge in [-0.3, -0.25) is 29.3 Å². The van der Waals surface area contributed by atoms with Crippen molar-refractivity contribution in [2.24, 2.45) is 11.8 Å². The van der Waals surface area contributed by atoms with Crippen LogP contribution in [0, 0.1) is 25.5 Å². The van der Waals surface area contributed by atoms with E-state index in [1.807, 2.05) is 6.07 Å². The molecule has 2 heterocycles. The molecule has 9 nitrogen and oxygen atoms in total. The number of amides is 2. The maximum Gasteiger partial charge on any atom is 0.269 e. The minimum Gasteiger partial charge on any atom is -0.349 e. The Hall–Kier alpha value is -3.77. The number of ketones is 2. The van der Waals surface area contributed by atoms with Crippen molar-refractivity contribution >= 4 is 57.3 Å². The lowest BCUT2D eigenvalue weighted by molar-refractivity contribution is -0.384.